The number of hydrogen-bond acceptors (Lipinski definition) is 2. The first-order chi connectivity index (χ1) is 9.13. The van der Waals surface area contributed by atoms with Crippen molar-refractivity contribution >= 4 is 5.78 Å². The lowest BCUT2D eigenvalue weighted by Gasteiger charge is -2.36. The standard InChI is InChI=1S/C16H22FNO/c1-18-16(8-3-2-4-9-16)12-15(19)11-13-6-5-7-14(17)10-13/h5-7,10,18H,2-4,8-9,11-12H2,1H3. The van der Waals surface area contributed by atoms with Gasteiger partial charge >= 0.3 is 0 Å². The van der Waals surface area contributed by atoms with E-state index in [-0.39, 0.29) is 17.1 Å². The molecular formula is C16H22FNO. The van der Waals surface area contributed by atoms with E-state index in [0.717, 1.165) is 18.4 Å². The molecule has 0 aliphatic heterocycles. The summed E-state index contributed by atoms with van der Waals surface area (Å²) in [4.78, 5) is 12.2. The fraction of sp³-hybridized carbons (Fsp3) is 0.562. The monoisotopic (exact) mass is 263 g/mol. The summed E-state index contributed by atoms with van der Waals surface area (Å²) in [6.45, 7) is 0. The van der Waals surface area contributed by atoms with Crippen LogP contribution in [-0.2, 0) is 11.2 Å². The van der Waals surface area contributed by atoms with Crippen LogP contribution in [0.5, 0.6) is 0 Å². The van der Waals surface area contributed by atoms with Crippen molar-refractivity contribution in [3.63, 3.8) is 0 Å². The molecule has 0 spiro atoms. The van der Waals surface area contributed by atoms with Gasteiger partial charge in [0.1, 0.15) is 11.6 Å². The molecule has 0 heterocycles. The third-order valence-electron chi connectivity index (χ3n) is 4.17. The maximum Gasteiger partial charge on any atom is 0.139 e. The van der Waals surface area contributed by atoms with Crippen LogP contribution in [0, 0.1) is 5.82 Å². The van der Waals surface area contributed by atoms with Crippen molar-refractivity contribution in [2.24, 2.45) is 0 Å². The molecule has 3 heteroatoms. The Bertz CT molecular complexity index is 438. The maximum atomic E-state index is 13.1. The molecule has 104 valence electrons. The molecule has 0 aromatic heterocycles. The van der Waals surface area contributed by atoms with Gasteiger partial charge in [-0.05, 0) is 37.6 Å². The van der Waals surface area contributed by atoms with E-state index < -0.39 is 0 Å². The number of nitrogens with one attached hydrogen (secondary N) is 1. The topological polar surface area (TPSA) is 29.1 Å². The van der Waals surface area contributed by atoms with E-state index in [1.807, 2.05) is 13.1 Å². The number of Topliss-reactive ketones (excluding diaryl/α,β-unsaturated/α-hetero) is 1. The van der Waals surface area contributed by atoms with Crippen LogP contribution in [0.2, 0.25) is 0 Å². The summed E-state index contributed by atoms with van der Waals surface area (Å²) in [6.07, 6.45) is 6.67. The molecule has 1 saturated carbocycles. The lowest BCUT2D eigenvalue weighted by Crippen LogP contribution is -2.46. The van der Waals surface area contributed by atoms with Gasteiger partial charge in [0.15, 0.2) is 0 Å². The van der Waals surface area contributed by atoms with Crippen molar-refractivity contribution in [1.82, 2.24) is 5.32 Å². The van der Waals surface area contributed by atoms with E-state index in [2.05, 4.69) is 5.32 Å². The number of carbonyl (C=O) groups excluding carboxylic acids is 1. The van der Waals surface area contributed by atoms with Crippen molar-refractivity contribution in [3.8, 4) is 0 Å². The van der Waals surface area contributed by atoms with Gasteiger partial charge in [-0.1, -0.05) is 31.4 Å². The average Bonchev–Trinajstić information content (AvgIpc) is 2.39. The molecule has 0 saturated heterocycles. The molecule has 1 aliphatic rings. The summed E-state index contributed by atoms with van der Waals surface area (Å²) in [5.74, 6) is -0.0758. The second kappa shape index (κ2) is 6.29. The van der Waals surface area contributed by atoms with Crippen LogP contribution in [0.1, 0.15) is 44.1 Å². The van der Waals surface area contributed by atoms with Crippen molar-refractivity contribution in [2.75, 3.05) is 7.05 Å². The molecule has 2 nitrogen and oxygen atoms in total. The summed E-state index contributed by atoms with van der Waals surface area (Å²) in [5.41, 5.74) is 0.745. The fourth-order valence-electron chi connectivity index (χ4n) is 3.06. The predicted octanol–water partition coefficient (Wildman–Crippen LogP) is 3.25. The van der Waals surface area contributed by atoms with Crippen molar-refractivity contribution in [1.29, 1.82) is 0 Å². The zero-order valence-electron chi connectivity index (χ0n) is 11.5. The second-order valence-corrected chi connectivity index (χ2v) is 5.61. The molecule has 2 rings (SSSR count). The number of rotatable bonds is 5. The minimum absolute atomic E-state index is 0.0251. The smallest absolute Gasteiger partial charge is 0.139 e. The Morgan fingerprint density at radius 2 is 2.05 bits per heavy atom. The molecular weight excluding hydrogens is 241 g/mol. The Morgan fingerprint density at radius 1 is 1.32 bits per heavy atom. The Labute approximate surface area is 114 Å². The van der Waals surface area contributed by atoms with Gasteiger partial charge in [0, 0.05) is 18.4 Å². The van der Waals surface area contributed by atoms with Crippen LogP contribution >= 0.6 is 0 Å². The van der Waals surface area contributed by atoms with Gasteiger partial charge in [0.05, 0.1) is 0 Å². The molecule has 0 radical (unpaired) electrons. The number of benzene rings is 1. The molecule has 0 unspecified atom stereocenters. The Hall–Kier alpha value is -1.22. The summed E-state index contributed by atoms with van der Waals surface area (Å²) in [5, 5.41) is 3.35. The minimum atomic E-state index is -0.272. The van der Waals surface area contributed by atoms with Gasteiger partial charge < -0.3 is 5.32 Å². The van der Waals surface area contributed by atoms with E-state index in [1.54, 1.807) is 6.07 Å². The lowest BCUT2D eigenvalue weighted by atomic mass is 9.78. The molecule has 1 aliphatic carbocycles. The van der Waals surface area contributed by atoms with Gasteiger partial charge in [-0.3, -0.25) is 4.79 Å². The first-order valence-electron chi connectivity index (χ1n) is 7.09. The molecule has 1 N–H and O–H groups in total. The van der Waals surface area contributed by atoms with Crippen LogP contribution in [0.4, 0.5) is 4.39 Å². The summed E-state index contributed by atoms with van der Waals surface area (Å²) >= 11 is 0. The zero-order valence-corrected chi connectivity index (χ0v) is 11.5. The molecule has 19 heavy (non-hydrogen) atoms. The molecule has 0 amide bonds. The Balaban J connectivity index is 1.96. The predicted molar refractivity (Wildman–Crippen MR) is 74.6 cm³/mol. The van der Waals surface area contributed by atoms with Crippen LogP contribution in [0.3, 0.4) is 0 Å². The van der Waals surface area contributed by atoms with Gasteiger partial charge in [0.25, 0.3) is 0 Å². The van der Waals surface area contributed by atoms with E-state index in [0.29, 0.717) is 12.8 Å². The van der Waals surface area contributed by atoms with Crippen LogP contribution in [-0.4, -0.2) is 18.4 Å². The average molecular weight is 263 g/mol. The highest BCUT2D eigenvalue weighted by atomic mass is 19.1. The quantitative estimate of drug-likeness (QED) is 0.883. The third kappa shape index (κ3) is 3.87. The van der Waals surface area contributed by atoms with Crippen LogP contribution in [0.25, 0.3) is 0 Å². The third-order valence-corrected chi connectivity index (χ3v) is 4.17. The fourth-order valence-corrected chi connectivity index (χ4v) is 3.06. The van der Waals surface area contributed by atoms with E-state index in [9.17, 15) is 9.18 Å². The first-order valence-corrected chi connectivity index (χ1v) is 7.09. The second-order valence-electron chi connectivity index (χ2n) is 5.61. The van der Waals surface area contributed by atoms with Crippen molar-refractivity contribution in [2.45, 2.75) is 50.5 Å². The van der Waals surface area contributed by atoms with Gasteiger partial charge in [-0.2, -0.15) is 0 Å². The Kier molecular flexibility index (Phi) is 4.70. The Morgan fingerprint density at radius 3 is 2.68 bits per heavy atom. The zero-order chi connectivity index (χ0) is 13.7. The lowest BCUT2D eigenvalue weighted by molar-refractivity contribution is -0.120. The highest BCUT2D eigenvalue weighted by molar-refractivity contribution is 5.82. The molecule has 1 fully saturated rings. The number of hydrogen-bond donors (Lipinski definition) is 1. The van der Waals surface area contributed by atoms with Crippen LogP contribution in [0.15, 0.2) is 24.3 Å². The first kappa shape index (κ1) is 14.2. The largest absolute Gasteiger partial charge is 0.314 e. The van der Waals surface area contributed by atoms with E-state index in [4.69, 9.17) is 0 Å². The van der Waals surface area contributed by atoms with Gasteiger partial charge in [-0.25, -0.2) is 4.39 Å². The normalized spacial score (nSPS) is 18.2. The molecule has 0 atom stereocenters. The highest BCUT2D eigenvalue weighted by Crippen LogP contribution is 2.31. The summed E-state index contributed by atoms with van der Waals surface area (Å²) < 4.78 is 13.1. The highest BCUT2D eigenvalue weighted by Gasteiger charge is 2.32. The molecule has 1 aromatic carbocycles. The molecule has 1 aromatic rings. The van der Waals surface area contributed by atoms with Gasteiger partial charge in [-0.15, -0.1) is 0 Å². The van der Waals surface area contributed by atoms with Crippen molar-refractivity contribution in [3.05, 3.63) is 35.6 Å². The molecule has 0 bridgehead atoms. The number of carbonyl (C=O) groups is 1. The maximum absolute atomic E-state index is 13.1. The van der Waals surface area contributed by atoms with Gasteiger partial charge in [0.2, 0.25) is 0 Å². The van der Waals surface area contributed by atoms with E-state index >= 15 is 0 Å². The minimum Gasteiger partial charge on any atom is -0.314 e. The van der Waals surface area contributed by atoms with E-state index in [1.165, 1.54) is 31.4 Å². The van der Waals surface area contributed by atoms with Crippen molar-refractivity contribution < 1.29 is 9.18 Å². The summed E-state index contributed by atoms with van der Waals surface area (Å²) in [6, 6.07) is 6.33. The summed E-state index contributed by atoms with van der Waals surface area (Å²) in [7, 11) is 1.95. The SMILES string of the molecule is CNC1(CC(=O)Cc2cccc(F)c2)CCCCC1. The van der Waals surface area contributed by atoms with Crippen LogP contribution < -0.4 is 5.32 Å². The number of ketones is 1. The number of halogens is 1.